The number of carbonyl (C=O) groups is 2. The molecule has 0 radical (unpaired) electrons. The lowest BCUT2D eigenvalue weighted by atomic mass is 10.1. The number of carbonyl (C=O) groups excluding carboxylic acids is 2. The maximum atomic E-state index is 12.3. The molecule has 2 aromatic rings. The van der Waals surface area contributed by atoms with Crippen LogP contribution < -0.4 is 11.1 Å². The summed E-state index contributed by atoms with van der Waals surface area (Å²) in [5, 5.41) is 9.94. The highest BCUT2D eigenvalue weighted by atomic mass is 16.5. The number of nitrogens with one attached hydrogen (secondary N) is 2. The standard InChI is InChI=1S/C16H16N4O3/c1-9-4-3-5-13(19-9)15(21)20-14-6-10(8-17)12(18)7-11(14)16(22)23-2/h3-8,17H,18H2,1-2H3,(H,20,21). The zero-order valence-corrected chi connectivity index (χ0v) is 12.7. The molecule has 0 bridgehead atoms. The van der Waals surface area contributed by atoms with Crippen molar-refractivity contribution in [1.82, 2.24) is 4.98 Å². The van der Waals surface area contributed by atoms with Crippen LogP contribution in [0.5, 0.6) is 0 Å². The number of nitrogens with two attached hydrogens (primary N) is 1. The second-order valence-corrected chi connectivity index (χ2v) is 4.78. The molecule has 1 heterocycles. The van der Waals surface area contributed by atoms with Gasteiger partial charge in [0.25, 0.3) is 5.91 Å². The van der Waals surface area contributed by atoms with Gasteiger partial charge in [0.15, 0.2) is 0 Å². The predicted molar refractivity (Wildman–Crippen MR) is 87.0 cm³/mol. The monoisotopic (exact) mass is 312 g/mol. The Kier molecular flexibility index (Phi) is 4.70. The summed E-state index contributed by atoms with van der Waals surface area (Å²) in [6, 6.07) is 7.86. The van der Waals surface area contributed by atoms with E-state index in [0.717, 1.165) is 6.21 Å². The Bertz CT molecular complexity index is 787. The molecule has 7 nitrogen and oxygen atoms in total. The van der Waals surface area contributed by atoms with E-state index in [1.165, 1.54) is 19.2 Å². The minimum atomic E-state index is -0.638. The number of aryl methyl sites for hydroxylation is 1. The van der Waals surface area contributed by atoms with Crippen LogP contribution in [-0.2, 0) is 4.74 Å². The van der Waals surface area contributed by atoms with Crippen LogP contribution in [0.25, 0.3) is 0 Å². The summed E-state index contributed by atoms with van der Waals surface area (Å²) in [4.78, 5) is 28.3. The number of esters is 1. The van der Waals surface area contributed by atoms with Gasteiger partial charge in [0.05, 0.1) is 18.4 Å². The smallest absolute Gasteiger partial charge is 0.340 e. The van der Waals surface area contributed by atoms with E-state index >= 15 is 0 Å². The molecule has 0 saturated heterocycles. The van der Waals surface area contributed by atoms with E-state index < -0.39 is 11.9 Å². The lowest BCUT2D eigenvalue weighted by molar-refractivity contribution is 0.0602. The number of benzene rings is 1. The molecule has 0 aliphatic rings. The second kappa shape index (κ2) is 6.69. The Morgan fingerprint density at radius 2 is 2.09 bits per heavy atom. The number of pyridine rings is 1. The third-order valence-electron chi connectivity index (χ3n) is 3.15. The highest BCUT2D eigenvalue weighted by Gasteiger charge is 2.17. The number of hydrogen-bond acceptors (Lipinski definition) is 6. The molecular formula is C16H16N4O3. The van der Waals surface area contributed by atoms with Crippen molar-refractivity contribution < 1.29 is 14.3 Å². The Labute approximate surface area is 133 Å². The molecule has 0 fully saturated rings. The average molecular weight is 312 g/mol. The molecule has 0 unspecified atom stereocenters. The van der Waals surface area contributed by atoms with Crippen molar-refractivity contribution in [3.05, 3.63) is 52.8 Å². The fraction of sp³-hybridized carbons (Fsp3) is 0.125. The summed E-state index contributed by atoms with van der Waals surface area (Å²) in [6.45, 7) is 1.77. The summed E-state index contributed by atoms with van der Waals surface area (Å²) in [7, 11) is 1.23. The van der Waals surface area contributed by atoms with Crippen molar-refractivity contribution in [2.24, 2.45) is 0 Å². The van der Waals surface area contributed by atoms with E-state index in [1.807, 2.05) is 0 Å². The van der Waals surface area contributed by atoms with E-state index in [2.05, 4.69) is 10.3 Å². The van der Waals surface area contributed by atoms with Crippen molar-refractivity contribution >= 4 is 29.5 Å². The van der Waals surface area contributed by atoms with Gasteiger partial charge < -0.3 is 21.2 Å². The average Bonchev–Trinajstić information content (AvgIpc) is 2.55. The Morgan fingerprint density at radius 3 is 2.70 bits per heavy atom. The van der Waals surface area contributed by atoms with Crippen molar-refractivity contribution in [3.63, 3.8) is 0 Å². The van der Waals surface area contributed by atoms with Crippen molar-refractivity contribution in [1.29, 1.82) is 5.41 Å². The van der Waals surface area contributed by atoms with Gasteiger partial charge in [-0.3, -0.25) is 4.79 Å². The molecule has 118 valence electrons. The number of ether oxygens (including phenoxy) is 1. The van der Waals surface area contributed by atoms with Crippen LogP contribution in [0.1, 0.15) is 32.1 Å². The van der Waals surface area contributed by atoms with Gasteiger partial charge in [0.2, 0.25) is 0 Å². The minimum absolute atomic E-state index is 0.108. The lowest BCUT2D eigenvalue weighted by Crippen LogP contribution is -2.17. The first-order chi connectivity index (χ1) is 11.0. The molecule has 0 aliphatic heterocycles. The molecule has 0 spiro atoms. The molecule has 23 heavy (non-hydrogen) atoms. The normalized spacial score (nSPS) is 10.0. The van der Waals surface area contributed by atoms with E-state index in [1.54, 1.807) is 25.1 Å². The second-order valence-electron chi connectivity index (χ2n) is 4.78. The molecule has 1 aromatic heterocycles. The number of anilines is 2. The summed E-state index contributed by atoms with van der Waals surface area (Å²) in [5.41, 5.74) is 7.62. The number of hydrogen-bond donors (Lipinski definition) is 3. The van der Waals surface area contributed by atoms with Crippen LogP contribution in [0.3, 0.4) is 0 Å². The van der Waals surface area contributed by atoms with Crippen LogP contribution >= 0.6 is 0 Å². The van der Waals surface area contributed by atoms with E-state index in [4.69, 9.17) is 15.9 Å². The molecule has 1 aromatic carbocycles. The first-order valence-electron chi connectivity index (χ1n) is 6.73. The maximum absolute atomic E-state index is 12.3. The maximum Gasteiger partial charge on any atom is 0.340 e. The highest BCUT2D eigenvalue weighted by Crippen LogP contribution is 2.24. The van der Waals surface area contributed by atoms with E-state index in [0.29, 0.717) is 11.3 Å². The fourth-order valence-electron chi connectivity index (χ4n) is 2.00. The summed E-state index contributed by atoms with van der Waals surface area (Å²) < 4.78 is 4.69. The minimum Gasteiger partial charge on any atom is -0.465 e. The number of rotatable bonds is 4. The zero-order chi connectivity index (χ0) is 17.0. The molecule has 2 rings (SSSR count). The van der Waals surface area contributed by atoms with Gasteiger partial charge >= 0.3 is 5.97 Å². The van der Waals surface area contributed by atoms with Crippen LogP contribution in [0.15, 0.2) is 30.3 Å². The van der Waals surface area contributed by atoms with Gasteiger partial charge in [0.1, 0.15) is 5.69 Å². The van der Waals surface area contributed by atoms with Gasteiger partial charge in [-0.05, 0) is 31.2 Å². The molecule has 0 atom stereocenters. The number of amides is 1. The van der Waals surface area contributed by atoms with Gasteiger partial charge in [-0.2, -0.15) is 0 Å². The van der Waals surface area contributed by atoms with E-state index in [9.17, 15) is 9.59 Å². The topological polar surface area (TPSA) is 118 Å². The quantitative estimate of drug-likeness (QED) is 0.453. The first kappa shape index (κ1) is 16.2. The first-order valence-corrected chi connectivity index (χ1v) is 6.73. The number of nitrogen functional groups attached to an aromatic ring is 1. The van der Waals surface area contributed by atoms with Gasteiger partial charge in [-0.1, -0.05) is 6.07 Å². The van der Waals surface area contributed by atoms with Crippen LogP contribution in [0.2, 0.25) is 0 Å². The van der Waals surface area contributed by atoms with Crippen LogP contribution in [0.4, 0.5) is 11.4 Å². The summed E-state index contributed by atoms with van der Waals surface area (Å²) in [6.07, 6.45) is 1.04. The lowest BCUT2D eigenvalue weighted by Gasteiger charge is -2.12. The molecule has 1 amide bonds. The molecular weight excluding hydrogens is 296 g/mol. The number of nitrogens with zero attached hydrogens (tertiary/aromatic N) is 1. The Morgan fingerprint density at radius 1 is 1.35 bits per heavy atom. The molecule has 0 saturated carbocycles. The molecule has 4 N–H and O–H groups in total. The SMILES string of the molecule is COC(=O)c1cc(N)c(C=N)cc1NC(=O)c1cccc(C)n1. The summed E-state index contributed by atoms with van der Waals surface area (Å²) >= 11 is 0. The molecule has 0 aliphatic carbocycles. The molecule has 7 heteroatoms. The van der Waals surface area contributed by atoms with Crippen molar-refractivity contribution in [2.45, 2.75) is 6.92 Å². The van der Waals surface area contributed by atoms with E-state index in [-0.39, 0.29) is 22.6 Å². The fourth-order valence-corrected chi connectivity index (χ4v) is 2.00. The highest BCUT2D eigenvalue weighted by molar-refractivity contribution is 6.08. The summed E-state index contributed by atoms with van der Waals surface area (Å²) in [5.74, 6) is -1.11. The zero-order valence-electron chi connectivity index (χ0n) is 12.7. The Hall–Kier alpha value is -3.22. The third kappa shape index (κ3) is 3.52. The third-order valence-corrected chi connectivity index (χ3v) is 3.15. The van der Waals surface area contributed by atoms with Gasteiger partial charge in [-0.25, -0.2) is 9.78 Å². The largest absolute Gasteiger partial charge is 0.465 e. The van der Waals surface area contributed by atoms with Crippen molar-refractivity contribution in [2.75, 3.05) is 18.2 Å². The Balaban J connectivity index is 2.43. The van der Waals surface area contributed by atoms with Crippen LogP contribution in [0, 0.1) is 12.3 Å². The van der Waals surface area contributed by atoms with Gasteiger partial charge in [0, 0.05) is 23.2 Å². The number of methoxy groups -OCH3 is 1. The number of aromatic nitrogens is 1. The van der Waals surface area contributed by atoms with Crippen molar-refractivity contribution in [3.8, 4) is 0 Å². The van der Waals surface area contributed by atoms with Gasteiger partial charge in [-0.15, -0.1) is 0 Å². The predicted octanol–water partition coefficient (Wildman–Crippen LogP) is 2.01. The van der Waals surface area contributed by atoms with Crippen LogP contribution in [-0.4, -0.2) is 30.2 Å².